The van der Waals surface area contributed by atoms with E-state index in [2.05, 4.69) is 31.9 Å². The SMILES string of the molecule is CC(C)(C)OC(=O)NCC(=O)Nc1ccccc1CNC(=O)c1ccc(Br)cc1. The Morgan fingerprint density at radius 1 is 0.966 bits per heavy atom. The van der Waals surface area contributed by atoms with Gasteiger partial charge < -0.3 is 20.7 Å². The van der Waals surface area contributed by atoms with Gasteiger partial charge in [0.25, 0.3) is 5.91 Å². The standard InChI is InChI=1S/C21H24BrN3O4/c1-21(2,3)29-20(28)24-13-18(26)25-17-7-5-4-6-15(17)12-23-19(27)14-8-10-16(22)11-9-14/h4-11H,12-13H2,1-3H3,(H,23,27)(H,24,28)(H,25,26). The number of alkyl carbamates (subject to hydrolysis) is 1. The summed E-state index contributed by atoms with van der Waals surface area (Å²) in [5.41, 5.74) is 1.19. The maximum atomic E-state index is 12.3. The number of anilines is 1. The zero-order chi connectivity index (χ0) is 21.4. The number of nitrogens with one attached hydrogen (secondary N) is 3. The van der Waals surface area contributed by atoms with Crippen molar-refractivity contribution in [2.45, 2.75) is 32.9 Å². The fourth-order valence-corrected chi connectivity index (χ4v) is 2.60. The molecule has 0 aliphatic rings. The van der Waals surface area contributed by atoms with E-state index in [1.807, 2.05) is 6.07 Å². The van der Waals surface area contributed by atoms with E-state index in [0.717, 1.165) is 10.0 Å². The van der Waals surface area contributed by atoms with Gasteiger partial charge in [0.05, 0.1) is 0 Å². The summed E-state index contributed by atoms with van der Waals surface area (Å²) in [5.74, 6) is -0.618. The Bertz CT molecular complexity index is 876. The van der Waals surface area contributed by atoms with Gasteiger partial charge in [-0.25, -0.2) is 4.79 Å². The highest BCUT2D eigenvalue weighted by molar-refractivity contribution is 9.10. The summed E-state index contributed by atoms with van der Waals surface area (Å²) < 4.78 is 5.99. The highest BCUT2D eigenvalue weighted by Crippen LogP contribution is 2.15. The van der Waals surface area contributed by atoms with Crippen molar-refractivity contribution in [3.8, 4) is 0 Å². The Hall–Kier alpha value is -2.87. The molecule has 7 nitrogen and oxygen atoms in total. The second-order valence-corrected chi connectivity index (χ2v) is 8.17. The molecular weight excluding hydrogens is 438 g/mol. The second-order valence-electron chi connectivity index (χ2n) is 7.25. The Kier molecular flexibility index (Phi) is 7.78. The third kappa shape index (κ3) is 7.95. The number of ether oxygens (including phenoxy) is 1. The van der Waals surface area contributed by atoms with Crippen LogP contribution in [0.25, 0.3) is 0 Å². The monoisotopic (exact) mass is 461 g/mol. The minimum Gasteiger partial charge on any atom is -0.444 e. The summed E-state index contributed by atoms with van der Waals surface area (Å²) in [6.45, 7) is 5.24. The van der Waals surface area contributed by atoms with Crippen molar-refractivity contribution < 1.29 is 19.1 Å². The van der Waals surface area contributed by atoms with Crippen molar-refractivity contribution >= 4 is 39.5 Å². The van der Waals surface area contributed by atoms with Crippen LogP contribution in [0.3, 0.4) is 0 Å². The molecule has 3 N–H and O–H groups in total. The summed E-state index contributed by atoms with van der Waals surface area (Å²) in [4.78, 5) is 36.1. The minimum absolute atomic E-state index is 0.217. The normalized spacial score (nSPS) is 10.8. The Morgan fingerprint density at radius 3 is 2.28 bits per heavy atom. The Labute approximate surface area is 178 Å². The molecule has 8 heteroatoms. The highest BCUT2D eigenvalue weighted by atomic mass is 79.9. The smallest absolute Gasteiger partial charge is 0.408 e. The zero-order valence-corrected chi connectivity index (χ0v) is 18.1. The largest absolute Gasteiger partial charge is 0.444 e. The number of amides is 3. The van der Waals surface area contributed by atoms with Gasteiger partial charge in [0.1, 0.15) is 12.1 Å². The molecule has 0 radical (unpaired) electrons. The van der Waals surface area contributed by atoms with E-state index in [-0.39, 0.29) is 19.0 Å². The maximum Gasteiger partial charge on any atom is 0.408 e. The number of para-hydroxylation sites is 1. The Balaban J connectivity index is 1.91. The second kappa shape index (κ2) is 10.1. The van der Waals surface area contributed by atoms with Crippen molar-refractivity contribution in [1.82, 2.24) is 10.6 Å². The molecule has 0 saturated heterocycles. The number of carbonyl (C=O) groups is 3. The summed E-state index contributed by atoms with van der Waals surface area (Å²) in [5, 5.41) is 7.97. The fraction of sp³-hybridized carbons (Fsp3) is 0.286. The van der Waals surface area contributed by atoms with Crippen molar-refractivity contribution in [1.29, 1.82) is 0 Å². The Morgan fingerprint density at radius 2 is 1.62 bits per heavy atom. The first-order valence-corrected chi connectivity index (χ1v) is 9.82. The van der Waals surface area contributed by atoms with Crippen LogP contribution in [0.15, 0.2) is 53.0 Å². The van der Waals surface area contributed by atoms with Crippen LogP contribution in [0.4, 0.5) is 10.5 Å². The lowest BCUT2D eigenvalue weighted by Crippen LogP contribution is -2.37. The van der Waals surface area contributed by atoms with E-state index < -0.39 is 17.6 Å². The average molecular weight is 462 g/mol. The summed E-state index contributed by atoms with van der Waals surface area (Å²) in [6.07, 6.45) is -0.664. The molecule has 0 atom stereocenters. The molecule has 29 heavy (non-hydrogen) atoms. The van der Waals surface area contributed by atoms with Crippen LogP contribution in [0.1, 0.15) is 36.7 Å². The lowest BCUT2D eigenvalue weighted by atomic mass is 10.1. The third-order valence-electron chi connectivity index (χ3n) is 3.63. The summed E-state index contributed by atoms with van der Waals surface area (Å²) in [7, 11) is 0. The first-order chi connectivity index (χ1) is 13.6. The third-order valence-corrected chi connectivity index (χ3v) is 4.16. The maximum absolute atomic E-state index is 12.3. The van der Waals surface area contributed by atoms with Crippen molar-refractivity contribution in [3.05, 3.63) is 64.1 Å². The molecule has 0 unspecified atom stereocenters. The number of hydrogen-bond donors (Lipinski definition) is 3. The molecule has 0 aromatic heterocycles. The summed E-state index contributed by atoms with van der Waals surface area (Å²) >= 11 is 3.33. The van der Waals surface area contributed by atoms with Gasteiger partial charge in [-0.2, -0.15) is 0 Å². The van der Waals surface area contributed by atoms with E-state index in [1.165, 1.54) is 0 Å². The number of carbonyl (C=O) groups excluding carboxylic acids is 3. The molecular formula is C21H24BrN3O4. The molecule has 0 saturated carbocycles. The van der Waals surface area contributed by atoms with Crippen molar-refractivity contribution in [3.63, 3.8) is 0 Å². The topological polar surface area (TPSA) is 96.5 Å². The number of halogens is 1. The number of benzene rings is 2. The predicted molar refractivity (Wildman–Crippen MR) is 115 cm³/mol. The van der Waals surface area contributed by atoms with Gasteiger partial charge in [-0.1, -0.05) is 34.1 Å². The van der Waals surface area contributed by atoms with Crippen LogP contribution in [0.2, 0.25) is 0 Å². The van der Waals surface area contributed by atoms with Gasteiger partial charge in [0.15, 0.2) is 0 Å². The van der Waals surface area contributed by atoms with Gasteiger partial charge in [0, 0.05) is 22.3 Å². The molecule has 2 rings (SSSR count). The van der Waals surface area contributed by atoms with Crippen molar-refractivity contribution in [2.24, 2.45) is 0 Å². The molecule has 3 amide bonds. The van der Waals surface area contributed by atoms with Gasteiger partial charge >= 0.3 is 6.09 Å². The first kappa shape index (κ1) is 22.4. The molecule has 0 bridgehead atoms. The predicted octanol–water partition coefficient (Wildman–Crippen LogP) is 3.84. The van der Waals surface area contributed by atoms with Gasteiger partial charge in [-0.15, -0.1) is 0 Å². The van der Waals surface area contributed by atoms with E-state index in [9.17, 15) is 14.4 Å². The van der Waals surface area contributed by atoms with Gasteiger partial charge in [0.2, 0.25) is 5.91 Å². The fourth-order valence-electron chi connectivity index (χ4n) is 2.34. The lowest BCUT2D eigenvalue weighted by molar-refractivity contribution is -0.115. The summed E-state index contributed by atoms with van der Waals surface area (Å²) in [6, 6.07) is 14.1. The highest BCUT2D eigenvalue weighted by Gasteiger charge is 2.17. The van der Waals surface area contributed by atoms with Crippen LogP contribution in [-0.4, -0.2) is 30.1 Å². The first-order valence-electron chi connectivity index (χ1n) is 9.02. The van der Waals surface area contributed by atoms with E-state index in [0.29, 0.717) is 11.3 Å². The molecule has 154 valence electrons. The molecule has 0 spiro atoms. The van der Waals surface area contributed by atoms with Crippen LogP contribution in [-0.2, 0) is 16.1 Å². The molecule has 0 fully saturated rings. The molecule has 0 aliphatic carbocycles. The van der Waals surface area contributed by atoms with E-state index in [1.54, 1.807) is 63.2 Å². The van der Waals surface area contributed by atoms with Crippen LogP contribution in [0.5, 0.6) is 0 Å². The molecule has 0 heterocycles. The zero-order valence-electron chi connectivity index (χ0n) is 16.5. The lowest BCUT2D eigenvalue weighted by Gasteiger charge is -2.19. The number of hydrogen-bond acceptors (Lipinski definition) is 4. The van der Waals surface area contributed by atoms with E-state index >= 15 is 0 Å². The molecule has 2 aromatic rings. The quantitative estimate of drug-likeness (QED) is 0.608. The van der Waals surface area contributed by atoms with Gasteiger partial charge in [-0.3, -0.25) is 9.59 Å². The van der Waals surface area contributed by atoms with Crippen LogP contribution < -0.4 is 16.0 Å². The average Bonchev–Trinajstić information content (AvgIpc) is 2.64. The molecule has 2 aromatic carbocycles. The van der Waals surface area contributed by atoms with Crippen LogP contribution >= 0.6 is 15.9 Å². The van der Waals surface area contributed by atoms with Crippen LogP contribution in [0, 0.1) is 0 Å². The molecule has 0 aliphatic heterocycles. The van der Waals surface area contributed by atoms with E-state index in [4.69, 9.17) is 4.74 Å². The minimum atomic E-state index is -0.664. The number of rotatable bonds is 6. The van der Waals surface area contributed by atoms with Gasteiger partial charge in [-0.05, 0) is 56.7 Å². The van der Waals surface area contributed by atoms with Crippen molar-refractivity contribution in [2.75, 3.05) is 11.9 Å².